The first-order chi connectivity index (χ1) is 14.3. The fourth-order valence-electron chi connectivity index (χ4n) is 4.57. The molecule has 0 bridgehead atoms. The number of carbonyl (C=O) groups is 1. The van der Waals surface area contributed by atoms with Crippen LogP contribution in [0.25, 0.3) is 0 Å². The average Bonchev–Trinajstić information content (AvgIpc) is 2.93. The molecule has 2 aliphatic rings. The van der Waals surface area contributed by atoms with E-state index in [1.165, 1.54) is 0 Å². The number of aryl methyl sites for hydroxylation is 1. The molecule has 4 rings (SSSR count). The predicted molar refractivity (Wildman–Crippen MR) is 105 cm³/mol. The third-order valence-electron chi connectivity index (χ3n) is 6.08. The van der Waals surface area contributed by atoms with E-state index in [-0.39, 0.29) is 24.0 Å². The van der Waals surface area contributed by atoms with Crippen LogP contribution in [0.2, 0.25) is 0 Å². The summed E-state index contributed by atoms with van der Waals surface area (Å²) in [5.74, 6) is 0.824. The van der Waals surface area contributed by atoms with Crippen LogP contribution < -0.4 is 5.32 Å². The molecule has 3 heterocycles. The van der Waals surface area contributed by atoms with Gasteiger partial charge in [0.25, 0.3) is 0 Å². The number of nitrogens with one attached hydrogen (secondary N) is 1. The van der Waals surface area contributed by atoms with E-state index in [1.807, 2.05) is 19.3 Å². The molecule has 1 aromatic heterocycles. The van der Waals surface area contributed by atoms with Gasteiger partial charge in [-0.25, -0.2) is 9.97 Å². The molecule has 0 spiro atoms. The number of carbonyl (C=O) groups excluding carboxylic acids is 1. The van der Waals surface area contributed by atoms with E-state index in [9.17, 15) is 18.0 Å². The summed E-state index contributed by atoms with van der Waals surface area (Å²) >= 11 is 0. The largest absolute Gasteiger partial charge is 0.416 e. The van der Waals surface area contributed by atoms with Crippen LogP contribution >= 0.6 is 0 Å². The number of aromatic nitrogens is 2. The second-order valence-electron chi connectivity index (χ2n) is 8.04. The molecule has 3 atom stereocenters. The van der Waals surface area contributed by atoms with Crippen LogP contribution in [-0.4, -0.2) is 32.9 Å². The van der Waals surface area contributed by atoms with Crippen molar-refractivity contribution in [3.8, 4) is 0 Å². The maximum atomic E-state index is 13.0. The summed E-state index contributed by atoms with van der Waals surface area (Å²) < 4.78 is 38.9. The average molecular weight is 418 g/mol. The number of hydrogen-bond acceptors (Lipinski definition) is 4. The number of alkyl halides is 3. The quantitative estimate of drug-likeness (QED) is 0.814. The van der Waals surface area contributed by atoms with E-state index in [0.29, 0.717) is 19.4 Å². The van der Waals surface area contributed by atoms with Crippen molar-refractivity contribution in [2.75, 3.05) is 0 Å². The Morgan fingerprint density at radius 2 is 1.87 bits per heavy atom. The molecule has 0 radical (unpaired) electrons. The molecule has 30 heavy (non-hydrogen) atoms. The van der Waals surface area contributed by atoms with E-state index >= 15 is 0 Å². The fraction of sp³-hybridized carbons (Fsp3) is 0.500. The Kier molecular flexibility index (Phi) is 5.77. The monoisotopic (exact) mass is 418 g/mol. The van der Waals surface area contributed by atoms with Crippen molar-refractivity contribution in [1.82, 2.24) is 20.2 Å². The van der Waals surface area contributed by atoms with E-state index < -0.39 is 11.7 Å². The van der Waals surface area contributed by atoms with Crippen LogP contribution in [0.5, 0.6) is 0 Å². The third kappa shape index (κ3) is 4.33. The Balaban J connectivity index is 1.63. The van der Waals surface area contributed by atoms with Crippen molar-refractivity contribution in [3.63, 3.8) is 0 Å². The number of nitrogens with zero attached hydrogens (tertiary/aromatic N) is 3. The van der Waals surface area contributed by atoms with Crippen LogP contribution in [0.3, 0.4) is 0 Å². The summed E-state index contributed by atoms with van der Waals surface area (Å²) in [5, 5.41) is 3.12. The molecule has 0 saturated carbocycles. The molecular formula is C22H25F3N4O. The van der Waals surface area contributed by atoms with Gasteiger partial charge in [-0.3, -0.25) is 9.69 Å². The third-order valence-corrected chi connectivity index (χ3v) is 6.08. The second kappa shape index (κ2) is 8.34. The number of fused-ring (bicyclic) bond motifs is 1. The summed E-state index contributed by atoms with van der Waals surface area (Å²) in [4.78, 5) is 23.1. The summed E-state index contributed by atoms with van der Waals surface area (Å²) in [6.07, 6.45) is 2.90. The highest BCUT2D eigenvalue weighted by Gasteiger charge is 2.43. The van der Waals surface area contributed by atoms with Gasteiger partial charge in [0.15, 0.2) is 0 Å². The summed E-state index contributed by atoms with van der Waals surface area (Å²) in [7, 11) is 0. The zero-order valence-electron chi connectivity index (χ0n) is 16.8. The van der Waals surface area contributed by atoms with Crippen LogP contribution in [0.4, 0.5) is 13.2 Å². The Morgan fingerprint density at radius 3 is 2.50 bits per heavy atom. The maximum Gasteiger partial charge on any atom is 0.416 e. The topological polar surface area (TPSA) is 58.1 Å². The van der Waals surface area contributed by atoms with Crippen molar-refractivity contribution in [1.29, 1.82) is 0 Å². The molecule has 2 aromatic rings. The van der Waals surface area contributed by atoms with Gasteiger partial charge in [0.1, 0.15) is 5.82 Å². The Hall–Kier alpha value is -2.48. The normalized spacial score (nSPS) is 24.9. The lowest BCUT2D eigenvalue weighted by Crippen LogP contribution is -2.42. The molecule has 8 heteroatoms. The first kappa shape index (κ1) is 20.8. The number of benzene rings is 1. The molecular weight excluding hydrogens is 393 g/mol. The van der Waals surface area contributed by atoms with Gasteiger partial charge in [0, 0.05) is 55.5 Å². The van der Waals surface area contributed by atoms with Gasteiger partial charge in [-0.05, 0) is 37.0 Å². The lowest BCUT2D eigenvalue weighted by Gasteiger charge is -2.31. The fourth-order valence-corrected chi connectivity index (χ4v) is 4.57. The predicted octanol–water partition coefficient (Wildman–Crippen LogP) is 4.04. The zero-order valence-corrected chi connectivity index (χ0v) is 16.8. The highest BCUT2D eigenvalue weighted by Crippen LogP contribution is 2.41. The van der Waals surface area contributed by atoms with E-state index in [1.54, 1.807) is 12.1 Å². The molecule has 0 aliphatic carbocycles. The van der Waals surface area contributed by atoms with Crippen molar-refractivity contribution >= 4 is 5.91 Å². The molecule has 1 amide bonds. The molecule has 160 valence electrons. The Morgan fingerprint density at radius 1 is 1.17 bits per heavy atom. The van der Waals surface area contributed by atoms with Crippen LogP contribution in [0.15, 0.2) is 36.7 Å². The lowest BCUT2D eigenvalue weighted by atomic mass is 10.0. The van der Waals surface area contributed by atoms with Crippen molar-refractivity contribution in [3.05, 3.63) is 59.2 Å². The molecule has 2 aliphatic heterocycles. The number of amides is 1. The van der Waals surface area contributed by atoms with Gasteiger partial charge in [0.2, 0.25) is 5.91 Å². The summed E-state index contributed by atoms with van der Waals surface area (Å²) in [6.45, 7) is 2.58. The number of likely N-dealkylation sites (tertiary alicyclic amines) is 1. The van der Waals surface area contributed by atoms with E-state index in [0.717, 1.165) is 48.3 Å². The molecule has 2 fully saturated rings. The number of halogens is 3. The van der Waals surface area contributed by atoms with Crippen molar-refractivity contribution < 1.29 is 18.0 Å². The minimum atomic E-state index is -4.36. The van der Waals surface area contributed by atoms with Gasteiger partial charge in [-0.2, -0.15) is 13.2 Å². The van der Waals surface area contributed by atoms with Crippen molar-refractivity contribution in [2.45, 2.75) is 69.9 Å². The van der Waals surface area contributed by atoms with Crippen molar-refractivity contribution in [2.24, 2.45) is 0 Å². The molecule has 1 N–H and O–H groups in total. The second-order valence-corrected chi connectivity index (χ2v) is 8.04. The first-order valence-electron chi connectivity index (χ1n) is 10.4. The summed E-state index contributed by atoms with van der Waals surface area (Å²) in [5.41, 5.74) is 1.14. The van der Waals surface area contributed by atoms with Gasteiger partial charge in [-0.15, -0.1) is 0 Å². The Bertz CT molecular complexity index is 883. The molecule has 0 unspecified atom stereocenters. The van der Waals surface area contributed by atoms with Gasteiger partial charge in [-0.1, -0.05) is 19.1 Å². The first-order valence-corrected chi connectivity index (χ1v) is 10.4. The van der Waals surface area contributed by atoms with Crippen LogP contribution in [0.1, 0.15) is 61.2 Å². The Labute approximate surface area is 173 Å². The van der Waals surface area contributed by atoms with Gasteiger partial charge < -0.3 is 5.32 Å². The lowest BCUT2D eigenvalue weighted by molar-refractivity contribution is -0.137. The molecule has 1 aromatic carbocycles. The highest BCUT2D eigenvalue weighted by atomic mass is 19.4. The SMILES string of the molecule is CCc1ncc(CN2[C@@H](c3ccc(C(F)(F)F)cc3)C[C@@H]3NC(=O)CCC[C@H]32)cn1. The smallest absolute Gasteiger partial charge is 0.352 e. The zero-order chi connectivity index (χ0) is 21.3. The van der Waals surface area contributed by atoms with Crippen LogP contribution in [0, 0.1) is 0 Å². The number of hydrogen-bond donors (Lipinski definition) is 1. The summed E-state index contributed by atoms with van der Waals surface area (Å²) in [6, 6.07) is 5.44. The van der Waals surface area contributed by atoms with E-state index in [2.05, 4.69) is 20.2 Å². The maximum absolute atomic E-state index is 13.0. The van der Waals surface area contributed by atoms with Crippen LogP contribution in [-0.2, 0) is 23.9 Å². The van der Waals surface area contributed by atoms with E-state index in [4.69, 9.17) is 0 Å². The number of rotatable bonds is 4. The van der Waals surface area contributed by atoms with Gasteiger partial charge in [0.05, 0.1) is 5.56 Å². The standard InChI is InChI=1S/C22H25F3N4O/c1-2-20-26-11-14(12-27-20)13-29-18-4-3-5-21(30)28-17(18)10-19(29)15-6-8-16(9-7-15)22(23,24)25/h6-9,11-12,17-19H,2-5,10,13H2,1H3,(H,28,30)/t17-,18+,19+/m0/s1. The molecule has 2 saturated heterocycles. The minimum absolute atomic E-state index is 0.0110. The van der Waals surface area contributed by atoms with Gasteiger partial charge >= 0.3 is 6.18 Å². The minimum Gasteiger partial charge on any atom is -0.352 e. The molecule has 5 nitrogen and oxygen atoms in total. The highest BCUT2D eigenvalue weighted by molar-refractivity contribution is 5.76.